The maximum atomic E-state index is 8.90. The van der Waals surface area contributed by atoms with Gasteiger partial charge in [-0.15, -0.1) is 0 Å². The Labute approximate surface area is 139 Å². The minimum Gasteiger partial charge on any atom is -0.475 e. The molecular weight excluding hydrogens is 377 g/mol. The molecule has 0 aromatic carbocycles. The van der Waals surface area contributed by atoms with Crippen molar-refractivity contribution in [3.8, 4) is 6.07 Å². The Morgan fingerprint density at radius 3 is 2.67 bits per heavy atom. The molecule has 0 spiro atoms. The summed E-state index contributed by atoms with van der Waals surface area (Å²) >= 11 is 0. The van der Waals surface area contributed by atoms with E-state index in [1.165, 1.54) is 6.42 Å². The molecule has 3 rings (SSSR count). The van der Waals surface area contributed by atoms with Gasteiger partial charge in [0.2, 0.25) is 0 Å². The minimum absolute atomic E-state index is 0. The molecule has 0 N–H and O–H groups in total. The van der Waals surface area contributed by atoms with Gasteiger partial charge in [-0.1, -0.05) is 0 Å². The quantitative estimate of drug-likeness (QED) is 0.506. The van der Waals surface area contributed by atoms with E-state index in [4.69, 9.17) is 15.0 Å². The van der Waals surface area contributed by atoms with Gasteiger partial charge in [0.1, 0.15) is 6.10 Å². The van der Waals surface area contributed by atoms with Crippen molar-refractivity contribution < 1.29 is 42.5 Å². The van der Waals surface area contributed by atoms with Crippen molar-refractivity contribution in [1.82, 2.24) is 0 Å². The summed E-state index contributed by atoms with van der Waals surface area (Å²) in [5.41, 5.74) is 0. The first-order valence-electron chi connectivity index (χ1n) is 6.82. The molecule has 0 saturated heterocycles. The first-order chi connectivity index (χ1) is 8.36. The average Bonchev–Trinajstić information content (AvgIpc) is 2.82. The molecule has 2 aliphatic carbocycles. The molecule has 1 aliphatic heterocycles. The van der Waals surface area contributed by atoms with Gasteiger partial charge in [-0.25, -0.2) is 0 Å². The van der Waals surface area contributed by atoms with Crippen LogP contribution in [0.3, 0.4) is 0 Å². The molecule has 0 amide bonds. The van der Waals surface area contributed by atoms with E-state index in [1.807, 2.05) is 0 Å². The maximum Gasteiger partial charge on any atom is 0.187 e. The number of fused-ring (bicyclic) bond motifs is 1. The van der Waals surface area contributed by atoms with Crippen molar-refractivity contribution in [1.29, 1.82) is 5.26 Å². The predicted molar refractivity (Wildman–Crippen MR) is 65.3 cm³/mol. The normalized spacial score (nSPS) is 38.7. The van der Waals surface area contributed by atoms with E-state index < -0.39 is 0 Å². The molecule has 2 saturated carbocycles. The van der Waals surface area contributed by atoms with Crippen LogP contribution in [0.2, 0.25) is 0 Å². The third-order valence-electron chi connectivity index (χ3n) is 4.32. The second kappa shape index (κ2) is 6.59. The van der Waals surface area contributed by atoms with E-state index in [0.717, 1.165) is 44.4 Å². The van der Waals surface area contributed by atoms with Crippen LogP contribution in [0, 0.1) is 67.3 Å². The summed E-state index contributed by atoms with van der Waals surface area (Å²) in [6.07, 6.45) is 10.3. The number of ether oxygens (including phenoxy) is 1. The van der Waals surface area contributed by atoms with Crippen LogP contribution in [0.5, 0.6) is 0 Å². The van der Waals surface area contributed by atoms with Crippen LogP contribution in [0.25, 0.3) is 0 Å². The fourth-order valence-electron chi connectivity index (χ4n) is 3.21. The second-order valence-corrected chi connectivity index (χ2v) is 5.47. The van der Waals surface area contributed by atoms with Crippen LogP contribution in [0.4, 0.5) is 0 Å². The summed E-state index contributed by atoms with van der Waals surface area (Å²) < 4.78 is 6.02. The van der Waals surface area contributed by atoms with Crippen molar-refractivity contribution in [2.24, 2.45) is 16.8 Å². The van der Waals surface area contributed by atoms with E-state index in [9.17, 15) is 0 Å². The van der Waals surface area contributed by atoms with E-state index in [2.05, 4.69) is 12.5 Å². The molecular formula is C14H19HoN2O-. The molecule has 2 atom stereocenters. The van der Waals surface area contributed by atoms with E-state index in [1.54, 1.807) is 0 Å². The molecule has 1 heterocycles. The van der Waals surface area contributed by atoms with Gasteiger partial charge < -0.3 is 11.2 Å². The molecule has 2 unspecified atom stereocenters. The number of nitrogens with zero attached hydrogens (tertiary/aromatic N) is 2. The monoisotopic (exact) mass is 396 g/mol. The van der Waals surface area contributed by atoms with Gasteiger partial charge in [-0.05, 0) is 32.1 Å². The van der Waals surface area contributed by atoms with Crippen molar-refractivity contribution in [2.75, 3.05) is 0 Å². The third-order valence-corrected chi connectivity index (χ3v) is 4.32. The molecule has 3 aliphatic rings. The number of aliphatic imine (C=N–C) groups is 1. The van der Waals surface area contributed by atoms with Gasteiger partial charge in [0.15, 0.2) is 5.90 Å². The van der Waals surface area contributed by atoms with Crippen LogP contribution in [0.15, 0.2) is 4.99 Å². The van der Waals surface area contributed by atoms with Crippen molar-refractivity contribution in [2.45, 2.75) is 57.1 Å². The standard InChI is InChI=1S/C14H19N2O.Ho/c15-9-10-5-7-11(8-6-10)14-16-12-3-1-2-4-13(12)17-14;/h1,10-13H,2-8H2;/q-1;. The Kier molecular flexibility index (Phi) is 5.35. The van der Waals surface area contributed by atoms with Gasteiger partial charge in [0.25, 0.3) is 0 Å². The Morgan fingerprint density at radius 1 is 1.22 bits per heavy atom. The minimum atomic E-state index is 0. The summed E-state index contributed by atoms with van der Waals surface area (Å²) in [6, 6.07) is 2.78. The zero-order valence-corrected chi connectivity index (χ0v) is 12.4. The maximum absolute atomic E-state index is 8.90. The van der Waals surface area contributed by atoms with Gasteiger partial charge in [-0.2, -0.15) is 18.1 Å². The zero-order chi connectivity index (χ0) is 11.7. The van der Waals surface area contributed by atoms with Crippen molar-refractivity contribution >= 4 is 5.90 Å². The van der Waals surface area contributed by atoms with Crippen molar-refractivity contribution in [3.63, 3.8) is 0 Å². The summed E-state index contributed by atoms with van der Waals surface area (Å²) in [5.74, 6) is 1.76. The zero-order valence-electron chi connectivity index (χ0n) is 10.4. The summed E-state index contributed by atoms with van der Waals surface area (Å²) in [5, 5.41) is 8.90. The molecule has 2 fully saturated rings. The molecule has 0 aromatic heterocycles. The summed E-state index contributed by atoms with van der Waals surface area (Å²) in [4.78, 5) is 4.76. The topological polar surface area (TPSA) is 45.4 Å². The molecule has 3 nitrogen and oxygen atoms in total. The molecule has 0 aromatic rings. The van der Waals surface area contributed by atoms with Gasteiger partial charge in [-0.3, -0.25) is 4.99 Å². The predicted octanol–water partition coefficient (Wildman–Crippen LogP) is 2.87. The molecule has 18 heavy (non-hydrogen) atoms. The van der Waals surface area contributed by atoms with Crippen LogP contribution in [-0.4, -0.2) is 18.0 Å². The smallest absolute Gasteiger partial charge is 0.187 e. The largest absolute Gasteiger partial charge is 0.475 e. The first-order valence-corrected chi connectivity index (χ1v) is 6.82. The number of rotatable bonds is 1. The molecule has 103 valence electrons. The Balaban J connectivity index is 0.00000120. The van der Waals surface area contributed by atoms with Gasteiger partial charge in [0.05, 0.1) is 12.1 Å². The number of nitriles is 1. The first kappa shape index (κ1) is 14.6. The van der Waals surface area contributed by atoms with Crippen LogP contribution >= 0.6 is 0 Å². The SMILES string of the molecule is N#CC1CCC(C2=NC3C[CH-]CCC3O2)CC1.[Ho]. The Bertz CT molecular complexity index is 355. The second-order valence-electron chi connectivity index (χ2n) is 5.47. The van der Waals surface area contributed by atoms with Crippen LogP contribution in [0.1, 0.15) is 44.9 Å². The van der Waals surface area contributed by atoms with Gasteiger partial charge >= 0.3 is 0 Å². The van der Waals surface area contributed by atoms with Gasteiger partial charge in [0, 0.05) is 49.6 Å². The molecule has 1 radical (unpaired) electrons. The average molecular weight is 396 g/mol. The molecule has 0 bridgehead atoms. The summed E-state index contributed by atoms with van der Waals surface area (Å²) in [6.45, 7) is 0. The van der Waals surface area contributed by atoms with Crippen molar-refractivity contribution in [3.05, 3.63) is 6.42 Å². The number of hydrogen-bond acceptors (Lipinski definition) is 3. The Morgan fingerprint density at radius 2 is 2.00 bits per heavy atom. The fourth-order valence-corrected chi connectivity index (χ4v) is 3.21. The summed E-state index contributed by atoms with van der Waals surface area (Å²) in [7, 11) is 0. The third kappa shape index (κ3) is 3.03. The Hall–Kier alpha value is 0.220. The van der Waals surface area contributed by atoms with E-state index in [0.29, 0.717) is 18.1 Å². The van der Waals surface area contributed by atoms with Crippen LogP contribution in [-0.2, 0) is 4.74 Å². The number of hydrogen-bond donors (Lipinski definition) is 0. The van der Waals surface area contributed by atoms with E-state index in [-0.39, 0.29) is 43.7 Å². The molecule has 4 heteroatoms. The fraction of sp³-hybridized carbons (Fsp3) is 0.786. The van der Waals surface area contributed by atoms with E-state index >= 15 is 0 Å². The van der Waals surface area contributed by atoms with Crippen LogP contribution < -0.4 is 0 Å².